The molecule has 0 aliphatic carbocycles. The van der Waals surface area contributed by atoms with Gasteiger partial charge in [-0.3, -0.25) is 4.79 Å². The summed E-state index contributed by atoms with van der Waals surface area (Å²) < 4.78 is 5.69. The summed E-state index contributed by atoms with van der Waals surface area (Å²) in [5.74, 6) is 0.414. The van der Waals surface area contributed by atoms with Crippen molar-refractivity contribution in [3.8, 4) is 5.75 Å². The maximum atomic E-state index is 12.2. The van der Waals surface area contributed by atoms with Crippen LogP contribution in [0, 0.1) is 0 Å². The van der Waals surface area contributed by atoms with E-state index in [0.717, 1.165) is 5.56 Å². The van der Waals surface area contributed by atoms with Crippen LogP contribution in [0.4, 0.5) is 0 Å². The Morgan fingerprint density at radius 2 is 1.91 bits per heavy atom. The zero-order chi connectivity index (χ0) is 16.1. The SMILES string of the molecule is O=C(NC1(O)CCNC1)c1ccc(OCc2ccccc2)cc1. The first-order valence-corrected chi connectivity index (χ1v) is 7.67. The lowest BCUT2D eigenvalue weighted by Crippen LogP contribution is -2.49. The van der Waals surface area contributed by atoms with Gasteiger partial charge in [-0.2, -0.15) is 0 Å². The van der Waals surface area contributed by atoms with Crippen LogP contribution < -0.4 is 15.4 Å². The van der Waals surface area contributed by atoms with Crippen molar-refractivity contribution in [3.63, 3.8) is 0 Å². The van der Waals surface area contributed by atoms with Crippen molar-refractivity contribution < 1.29 is 14.6 Å². The lowest BCUT2D eigenvalue weighted by atomic mass is 10.1. The molecule has 2 aromatic rings. The first kappa shape index (κ1) is 15.5. The zero-order valence-corrected chi connectivity index (χ0v) is 12.8. The Bertz CT molecular complexity index is 650. The number of β-amino-alcohol motifs (C(OH)–C–C–N with tert-alkyl or cyclic N) is 1. The van der Waals surface area contributed by atoms with Gasteiger partial charge in [0.2, 0.25) is 0 Å². The van der Waals surface area contributed by atoms with Gasteiger partial charge >= 0.3 is 0 Å². The van der Waals surface area contributed by atoms with E-state index in [1.165, 1.54) is 0 Å². The molecule has 1 saturated heterocycles. The highest BCUT2D eigenvalue weighted by Gasteiger charge is 2.32. The van der Waals surface area contributed by atoms with Crippen molar-refractivity contribution >= 4 is 5.91 Å². The van der Waals surface area contributed by atoms with E-state index in [4.69, 9.17) is 4.74 Å². The third-order valence-corrected chi connectivity index (χ3v) is 3.84. The summed E-state index contributed by atoms with van der Waals surface area (Å²) in [6.45, 7) is 1.55. The third kappa shape index (κ3) is 4.09. The lowest BCUT2D eigenvalue weighted by molar-refractivity contribution is 0.0241. The van der Waals surface area contributed by atoms with Gasteiger partial charge in [-0.15, -0.1) is 0 Å². The Kier molecular flexibility index (Phi) is 4.60. The molecule has 1 atom stereocenters. The third-order valence-electron chi connectivity index (χ3n) is 3.84. The fourth-order valence-corrected chi connectivity index (χ4v) is 2.51. The number of nitrogens with one attached hydrogen (secondary N) is 2. The van der Waals surface area contributed by atoms with Gasteiger partial charge in [0.15, 0.2) is 5.72 Å². The molecular weight excluding hydrogens is 292 g/mol. The Morgan fingerprint density at radius 1 is 1.17 bits per heavy atom. The summed E-state index contributed by atoms with van der Waals surface area (Å²) in [4.78, 5) is 12.2. The van der Waals surface area contributed by atoms with Gasteiger partial charge in [0, 0.05) is 18.5 Å². The molecule has 120 valence electrons. The van der Waals surface area contributed by atoms with Crippen LogP contribution in [0.25, 0.3) is 0 Å². The zero-order valence-electron chi connectivity index (χ0n) is 12.8. The number of ether oxygens (including phenoxy) is 1. The molecule has 5 nitrogen and oxygen atoms in total. The first-order valence-electron chi connectivity index (χ1n) is 7.67. The van der Waals surface area contributed by atoms with Crippen LogP contribution in [0.2, 0.25) is 0 Å². The topological polar surface area (TPSA) is 70.6 Å². The molecule has 23 heavy (non-hydrogen) atoms. The second-order valence-corrected chi connectivity index (χ2v) is 5.71. The normalized spacial score (nSPS) is 20.2. The number of carbonyl (C=O) groups excluding carboxylic acids is 1. The van der Waals surface area contributed by atoms with Crippen molar-refractivity contribution in [2.45, 2.75) is 18.8 Å². The van der Waals surface area contributed by atoms with Crippen molar-refractivity contribution in [1.29, 1.82) is 0 Å². The van der Waals surface area contributed by atoms with Crippen molar-refractivity contribution in [2.75, 3.05) is 13.1 Å². The van der Waals surface area contributed by atoms with Crippen LogP contribution in [-0.2, 0) is 6.61 Å². The fraction of sp³-hybridized carbons (Fsp3) is 0.278. The minimum atomic E-state index is -1.15. The van der Waals surface area contributed by atoms with Gasteiger partial charge < -0.3 is 20.5 Å². The lowest BCUT2D eigenvalue weighted by Gasteiger charge is -2.22. The van der Waals surface area contributed by atoms with Crippen LogP contribution in [0.3, 0.4) is 0 Å². The highest BCUT2D eigenvalue weighted by molar-refractivity contribution is 5.94. The predicted molar refractivity (Wildman–Crippen MR) is 87.1 cm³/mol. The number of amides is 1. The number of carbonyl (C=O) groups is 1. The van der Waals surface area contributed by atoms with E-state index in [9.17, 15) is 9.90 Å². The van der Waals surface area contributed by atoms with Gasteiger partial charge in [-0.25, -0.2) is 0 Å². The highest BCUT2D eigenvalue weighted by atomic mass is 16.5. The Balaban J connectivity index is 1.57. The second-order valence-electron chi connectivity index (χ2n) is 5.71. The standard InChI is InChI=1S/C18H20N2O3/c21-17(20-18(22)10-11-19-13-18)15-6-8-16(9-7-15)23-12-14-4-2-1-3-5-14/h1-9,19,22H,10-13H2,(H,20,21). The molecule has 0 aromatic heterocycles. The number of benzene rings is 2. The molecule has 3 rings (SSSR count). The average molecular weight is 312 g/mol. The van der Waals surface area contributed by atoms with Crippen molar-refractivity contribution in [2.24, 2.45) is 0 Å². The molecule has 3 N–H and O–H groups in total. The minimum absolute atomic E-state index is 0.286. The molecule has 5 heteroatoms. The molecule has 1 unspecified atom stereocenters. The van der Waals surface area contributed by atoms with Gasteiger partial charge in [-0.1, -0.05) is 30.3 Å². The maximum absolute atomic E-state index is 12.2. The Morgan fingerprint density at radius 3 is 2.57 bits per heavy atom. The number of aliphatic hydroxyl groups is 1. The van der Waals surface area contributed by atoms with Crippen molar-refractivity contribution in [3.05, 3.63) is 65.7 Å². The number of hydrogen-bond acceptors (Lipinski definition) is 4. The van der Waals surface area contributed by atoms with Crippen LogP contribution >= 0.6 is 0 Å². The quantitative estimate of drug-likeness (QED) is 0.735. The number of rotatable bonds is 5. The molecule has 2 aromatic carbocycles. The fourth-order valence-electron chi connectivity index (χ4n) is 2.51. The molecule has 1 heterocycles. The van der Waals surface area contributed by atoms with E-state index < -0.39 is 5.72 Å². The second kappa shape index (κ2) is 6.81. The van der Waals surface area contributed by atoms with E-state index >= 15 is 0 Å². The molecule has 1 aliphatic rings. The largest absolute Gasteiger partial charge is 0.489 e. The average Bonchev–Trinajstić information content (AvgIpc) is 3.00. The molecule has 0 radical (unpaired) electrons. The summed E-state index contributed by atoms with van der Waals surface area (Å²) in [6, 6.07) is 16.8. The van der Waals surface area contributed by atoms with E-state index in [2.05, 4.69) is 10.6 Å². The summed E-state index contributed by atoms with van der Waals surface area (Å²) in [5.41, 5.74) is 0.433. The van der Waals surface area contributed by atoms with Gasteiger partial charge in [-0.05, 0) is 36.4 Å². The molecular formula is C18H20N2O3. The number of hydrogen-bond donors (Lipinski definition) is 3. The van der Waals surface area contributed by atoms with E-state index in [1.54, 1.807) is 24.3 Å². The van der Waals surface area contributed by atoms with Gasteiger partial charge in [0.1, 0.15) is 12.4 Å². The first-order chi connectivity index (χ1) is 11.1. The molecule has 1 fully saturated rings. The highest BCUT2D eigenvalue weighted by Crippen LogP contribution is 2.16. The maximum Gasteiger partial charge on any atom is 0.253 e. The minimum Gasteiger partial charge on any atom is -0.489 e. The Hall–Kier alpha value is -2.37. The predicted octanol–water partition coefficient (Wildman–Crippen LogP) is 1.68. The summed E-state index contributed by atoms with van der Waals surface area (Å²) >= 11 is 0. The van der Waals surface area contributed by atoms with Gasteiger partial charge in [0.25, 0.3) is 5.91 Å². The Labute approximate surface area is 135 Å². The van der Waals surface area contributed by atoms with Gasteiger partial charge in [0.05, 0.1) is 0 Å². The van der Waals surface area contributed by atoms with Crippen LogP contribution in [-0.4, -0.2) is 29.8 Å². The molecule has 1 aliphatic heterocycles. The van der Waals surface area contributed by atoms with E-state index in [0.29, 0.717) is 37.4 Å². The molecule has 0 spiro atoms. The van der Waals surface area contributed by atoms with Crippen molar-refractivity contribution in [1.82, 2.24) is 10.6 Å². The molecule has 0 saturated carbocycles. The molecule has 0 bridgehead atoms. The van der Waals surface area contributed by atoms with E-state index in [-0.39, 0.29) is 5.91 Å². The van der Waals surface area contributed by atoms with E-state index in [1.807, 2.05) is 30.3 Å². The van der Waals surface area contributed by atoms with Crippen LogP contribution in [0.5, 0.6) is 5.75 Å². The monoisotopic (exact) mass is 312 g/mol. The molecule has 1 amide bonds. The van der Waals surface area contributed by atoms with Crippen LogP contribution in [0.1, 0.15) is 22.3 Å². The van der Waals surface area contributed by atoms with Crippen LogP contribution in [0.15, 0.2) is 54.6 Å². The summed E-state index contributed by atoms with van der Waals surface area (Å²) in [7, 11) is 0. The summed E-state index contributed by atoms with van der Waals surface area (Å²) in [6.07, 6.45) is 0.511. The summed E-state index contributed by atoms with van der Waals surface area (Å²) in [5, 5.41) is 15.9. The smallest absolute Gasteiger partial charge is 0.253 e.